The molecule has 2 aromatic heterocycles. The van der Waals surface area contributed by atoms with Crippen LogP contribution in [-0.4, -0.2) is 26.7 Å². The zero-order valence-corrected chi connectivity index (χ0v) is 16.8. The molecule has 2 heterocycles. The Balaban J connectivity index is 1.64. The molecule has 0 amide bonds. The zero-order chi connectivity index (χ0) is 19.3. The SMILES string of the molecule is CCNN(O)c1cc(Nc2ncc[nH]2)ccc1-c1cnc(C2CCCCC2)s1. The van der Waals surface area contributed by atoms with E-state index in [9.17, 15) is 5.21 Å². The maximum absolute atomic E-state index is 10.5. The van der Waals surface area contributed by atoms with Crippen LogP contribution in [0.15, 0.2) is 36.8 Å². The fourth-order valence-corrected chi connectivity index (χ4v) is 4.77. The number of hydrogen-bond donors (Lipinski definition) is 4. The summed E-state index contributed by atoms with van der Waals surface area (Å²) >= 11 is 1.74. The second-order valence-electron chi connectivity index (χ2n) is 7.02. The molecule has 7 nitrogen and oxygen atoms in total. The van der Waals surface area contributed by atoms with Crippen molar-refractivity contribution < 1.29 is 5.21 Å². The average molecular weight is 399 g/mol. The van der Waals surface area contributed by atoms with E-state index in [4.69, 9.17) is 4.98 Å². The molecule has 0 aliphatic heterocycles. The highest BCUT2D eigenvalue weighted by molar-refractivity contribution is 7.15. The molecule has 1 saturated carbocycles. The van der Waals surface area contributed by atoms with Gasteiger partial charge in [0.25, 0.3) is 0 Å². The van der Waals surface area contributed by atoms with Gasteiger partial charge in [-0.2, -0.15) is 5.17 Å². The lowest BCUT2D eigenvalue weighted by atomic mass is 9.90. The number of imidazole rings is 1. The Morgan fingerprint density at radius 2 is 2.11 bits per heavy atom. The van der Waals surface area contributed by atoms with Gasteiger partial charge in [0.1, 0.15) is 0 Å². The van der Waals surface area contributed by atoms with Gasteiger partial charge in [0.2, 0.25) is 5.95 Å². The number of aromatic nitrogens is 3. The molecule has 8 heteroatoms. The first kappa shape index (κ1) is 18.9. The standard InChI is InChI=1S/C20H26N6OS/c1-2-24-26(27)17-12-15(25-20-21-10-11-22-20)8-9-16(17)18-13-23-19(28-18)14-6-4-3-5-7-14/h8-14,24,27H,2-7H2,1H3,(H2,21,22,25). The van der Waals surface area contributed by atoms with Gasteiger partial charge in [-0.1, -0.05) is 26.2 Å². The van der Waals surface area contributed by atoms with Gasteiger partial charge in [0, 0.05) is 42.3 Å². The first-order valence-electron chi connectivity index (χ1n) is 9.83. The van der Waals surface area contributed by atoms with Crippen molar-refractivity contribution in [2.75, 3.05) is 17.0 Å². The zero-order valence-electron chi connectivity index (χ0n) is 16.0. The first-order chi connectivity index (χ1) is 13.7. The molecule has 0 radical (unpaired) electrons. The summed E-state index contributed by atoms with van der Waals surface area (Å²) in [6.07, 6.45) is 11.8. The molecule has 1 fully saturated rings. The summed E-state index contributed by atoms with van der Waals surface area (Å²) in [7, 11) is 0. The number of benzene rings is 1. The third kappa shape index (κ3) is 4.19. The van der Waals surface area contributed by atoms with Gasteiger partial charge in [0.05, 0.1) is 15.6 Å². The number of rotatable bonds is 7. The number of thiazole rings is 1. The van der Waals surface area contributed by atoms with Crippen molar-refractivity contribution in [2.24, 2.45) is 0 Å². The summed E-state index contributed by atoms with van der Waals surface area (Å²) in [6.45, 7) is 2.56. The monoisotopic (exact) mass is 398 g/mol. The molecule has 1 aromatic carbocycles. The number of hydrazine groups is 1. The van der Waals surface area contributed by atoms with Crippen LogP contribution >= 0.6 is 11.3 Å². The molecule has 28 heavy (non-hydrogen) atoms. The van der Waals surface area contributed by atoms with E-state index in [1.165, 1.54) is 37.1 Å². The van der Waals surface area contributed by atoms with Crippen molar-refractivity contribution in [1.29, 1.82) is 0 Å². The smallest absolute Gasteiger partial charge is 0.204 e. The average Bonchev–Trinajstić information content (AvgIpc) is 3.41. The molecule has 4 N–H and O–H groups in total. The van der Waals surface area contributed by atoms with Gasteiger partial charge >= 0.3 is 0 Å². The number of nitrogens with one attached hydrogen (secondary N) is 3. The molecule has 0 saturated heterocycles. The van der Waals surface area contributed by atoms with Gasteiger partial charge in [0.15, 0.2) is 0 Å². The Labute approximate surface area is 168 Å². The molecule has 3 aromatic rings. The van der Waals surface area contributed by atoms with E-state index in [2.05, 4.69) is 20.7 Å². The minimum atomic E-state index is 0.579. The first-order valence-corrected chi connectivity index (χ1v) is 10.7. The topological polar surface area (TPSA) is 89.1 Å². The van der Waals surface area contributed by atoms with Gasteiger partial charge in [-0.15, -0.1) is 11.3 Å². The van der Waals surface area contributed by atoms with E-state index in [0.717, 1.165) is 21.3 Å². The van der Waals surface area contributed by atoms with Crippen LogP contribution in [0.1, 0.15) is 50.0 Å². The van der Waals surface area contributed by atoms with Crippen molar-refractivity contribution >= 4 is 28.7 Å². The van der Waals surface area contributed by atoms with Crippen LogP contribution in [0.5, 0.6) is 0 Å². The van der Waals surface area contributed by atoms with Gasteiger partial charge in [-0.05, 0) is 31.0 Å². The van der Waals surface area contributed by atoms with Crippen LogP contribution in [-0.2, 0) is 0 Å². The summed E-state index contributed by atoms with van der Waals surface area (Å²) in [4.78, 5) is 13.0. The number of hydrogen-bond acceptors (Lipinski definition) is 7. The molecule has 1 aliphatic rings. The largest absolute Gasteiger partial charge is 0.331 e. The lowest BCUT2D eigenvalue weighted by Crippen LogP contribution is -2.35. The summed E-state index contributed by atoms with van der Waals surface area (Å²) < 4.78 is 0. The maximum Gasteiger partial charge on any atom is 0.204 e. The minimum Gasteiger partial charge on any atom is -0.331 e. The van der Waals surface area contributed by atoms with Gasteiger partial charge in [-0.25, -0.2) is 15.4 Å². The van der Waals surface area contributed by atoms with E-state index in [-0.39, 0.29) is 0 Å². The van der Waals surface area contributed by atoms with E-state index in [0.29, 0.717) is 24.1 Å². The minimum absolute atomic E-state index is 0.579. The lowest BCUT2D eigenvalue weighted by molar-refractivity contribution is 0.214. The molecule has 0 spiro atoms. The van der Waals surface area contributed by atoms with Crippen LogP contribution in [0.4, 0.5) is 17.3 Å². The van der Waals surface area contributed by atoms with Crippen LogP contribution in [0.3, 0.4) is 0 Å². The Bertz CT molecular complexity index is 888. The normalized spacial score (nSPS) is 14.9. The van der Waals surface area contributed by atoms with Crippen molar-refractivity contribution in [2.45, 2.75) is 44.9 Å². The lowest BCUT2D eigenvalue weighted by Gasteiger charge is -2.21. The molecular weight excluding hydrogens is 372 g/mol. The third-order valence-electron chi connectivity index (χ3n) is 5.04. The van der Waals surface area contributed by atoms with Crippen molar-refractivity contribution in [3.63, 3.8) is 0 Å². The van der Waals surface area contributed by atoms with Crippen molar-refractivity contribution in [3.8, 4) is 10.4 Å². The van der Waals surface area contributed by atoms with E-state index < -0.39 is 0 Å². The Hall–Kier alpha value is -2.42. The molecule has 4 rings (SSSR count). The summed E-state index contributed by atoms with van der Waals surface area (Å²) in [5.41, 5.74) is 5.42. The third-order valence-corrected chi connectivity index (χ3v) is 6.23. The van der Waals surface area contributed by atoms with Crippen molar-refractivity contribution in [1.82, 2.24) is 20.4 Å². The maximum atomic E-state index is 10.5. The molecule has 148 valence electrons. The fourth-order valence-electron chi connectivity index (χ4n) is 3.65. The molecule has 1 aliphatic carbocycles. The van der Waals surface area contributed by atoms with Gasteiger partial charge in [-0.3, -0.25) is 5.21 Å². The van der Waals surface area contributed by atoms with Crippen LogP contribution < -0.4 is 15.9 Å². The van der Waals surface area contributed by atoms with Gasteiger partial charge < -0.3 is 10.3 Å². The second kappa shape index (κ2) is 8.72. The molecule has 0 unspecified atom stereocenters. The Kier molecular flexibility index (Phi) is 5.90. The Morgan fingerprint density at radius 1 is 1.25 bits per heavy atom. The predicted molar refractivity (Wildman–Crippen MR) is 113 cm³/mol. The number of anilines is 3. The fraction of sp³-hybridized carbons (Fsp3) is 0.400. The highest BCUT2D eigenvalue weighted by Crippen LogP contribution is 2.40. The van der Waals surface area contributed by atoms with Crippen molar-refractivity contribution in [3.05, 3.63) is 41.8 Å². The number of H-pyrrole nitrogens is 1. The highest BCUT2D eigenvalue weighted by atomic mass is 32.1. The summed E-state index contributed by atoms with van der Waals surface area (Å²) in [5.74, 6) is 1.24. The van der Waals surface area contributed by atoms with Crippen LogP contribution in [0, 0.1) is 0 Å². The predicted octanol–water partition coefficient (Wildman–Crippen LogP) is 5.04. The molecule has 0 atom stereocenters. The summed E-state index contributed by atoms with van der Waals surface area (Å²) in [5, 5.41) is 16.0. The number of aromatic amines is 1. The highest BCUT2D eigenvalue weighted by Gasteiger charge is 2.21. The van der Waals surface area contributed by atoms with Crippen LogP contribution in [0.25, 0.3) is 10.4 Å². The van der Waals surface area contributed by atoms with E-state index in [1.807, 2.05) is 31.3 Å². The quantitative estimate of drug-likeness (QED) is 0.417. The molecular formula is C20H26N6OS. The second-order valence-corrected chi connectivity index (χ2v) is 8.08. The van der Waals surface area contributed by atoms with E-state index >= 15 is 0 Å². The van der Waals surface area contributed by atoms with E-state index in [1.54, 1.807) is 23.7 Å². The van der Waals surface area contributed by atoms with Crippen LogP contribution in [0.2, 0.25) is 0 Å². The molecule has 0 bridgehead atoms. The number of nitrogens with zero attached hydrogens (tertiary/aromatic N) is 3. The Morgan fingerprint density at radius 3 is 2.86 bits per heavy atom. The summed E-state index contributed by atoms with van der Waals surface area (Å²) in [6, 6.07) is 5.90.